The van der Waals surface area contributed by atoms with Gasteiger partial charge in [-0.2, -0.15) is 26.3 Å². The fourth-order valence-corrected chi connectivity index (χ4v) is 2.83. The Morgan fingerprint density at radius 1 is 1.10 bits per heavy atom. The van der Waals surface area contributed by atoms with Crippen LogP contribution < -0.4 is 10.6 Å². The Kier molecular flexibility index (Phi) is 8.00. The summed E-state index contributed by atoms with van der Waals surface area (Å²) in [6, 6.07) is 0.0154. The number of hydrogen-bond donors (Lipinski definition) is 2. The molecule has 0 radical (unpaired) electrons. The summed E-state index contributed by atoms with van der Waals surface area (Å²) < 4.78 is 84.2. The number of rotatable bonds is 7. The molecule has 2 N–H and O–H groups in total. The summed E-state index contributed by atoms with van der Waals surface area (Å²) in [7, 11) is 0. The first kappa shape index (κ1) is 23.1. The topological polar surface area (TPSA) is 59.6 Å². The fraction of sp³-hybridized carbons (Fsp3) is 0.611. The minimum Gasteiger partial charge on any atom is -0.487 e. The number of allylic oxidation sites excluding steroid dienone is 2. The van der Waals surface area contributed by atoms with E-state index < -0.39 is 31.5 Å². The molecule has 1 saturated heterocycles. The van der Waals surface area contributed by atoms with Gasteiger partial charge < -0.3 is 20.1 Å². The SMILES string of the molecule is O=C(NCC1CCCCN1)C1=C(OCC(F)(F)F)CC=CC(OCC(F)(F)F)=C1. The highest BCUT2D eigenvalue weighted by Gasteiger charge is 2.31. The molecular formula is C18H22F6N2O3. The van der Waals surface area contributed by atoms with E-state index in [1.165, 1.54) is 6.08 Å². The lowest BCUT2D eigenvalue weighted by Crippen LogP contribution is -2.43. The third-order valence-corrected chi connectivity index (χ3v) is 4.15. The van der Waals surface area contributed by atoms with Crippen molar-refractivity contribution in [3.63, 3.8) is 0 Å². The Morgan fingerprint density at radius 2 is 1.79 bits per heavy atom. The molecule has 5 nitrogen and oxygen atoms in total. The van der Waals surface area contributed by atoms with E-state index in [4.69, 9.17) is 4.74 Å². The van der Waals surface area contributed by atoms with E-state index in [0.717, 1.165) is 38.0 Å². The van der Waals surface area contributed by atoms with Crippen LogP contribution in [-0.4, -0.2) is 50.6 Å². The van der Waals surface area contributed by atoms with Crippen LogP contribution in [0.1, 0.15) is 25.7 Å². The van der Waals surface area contributed by atoms with Crippen molar-refractivity contribution in [2.24, 2.45) is 0 Å². The fourth-order valence-electron chi connectivity index (χ4n) is 2.83. The number of carbonyl (C=O) groups is 1. The molecule has 0 spiro atoms. The summed E-state index contributed by atoms with van der Waals surface area (Å²) in [6.45, 7) is -2.19. The number of halogens is 6. The first-order chi connectivity index (χ1) is 13.5. The average molecular weight is 428 g/mol. The van der Waals surface area contributed by atoms with E-state index in [2.05, 4.69) is 15.4 Å². The summed E-state index contributed by atoms with van der Waals surface area (Å²) in [5.74, 6) is -1.33. The normalized spacial score (nSPS) is 20.8. The van der Waals surface area contributed by atoms with Crippen LogP contribution in [0.2, 0.25) is 0 Å². The summed E-state index contributed by atoms with van der Waals surface area (Å²) in [6.07, 6.45) is -3.21. The van der Waals surface area contributed by atoms with Gasteiger partial charge in [0.2, 0.25) is 0 Å². The molecule has 0 aromatic heterocycles. The molecule has 0 aromatic carbocycles. The van der Waals surface area contributed by atoms with Gasteiger partial charge in [-0.05, 0) is 31.5 Å². The standard InChI is InChI=1S/C18H22F6N2O3/c19-17(20,21)10-28-13-5-3-6-15(29-11-18(22,23)24)14(8-13)16(27)26-9-12-4-1-2-7-25-12/h3,5,8,12,25H,1-2,4,6-7,9-11H2,(H,26,27). The molecule has 2 rings (SSSR count). The van der Waals surface area contributed by atoms with Crippen molar-refractivity contribution >= 4 is 5.91 Å². The molecule has 0 aromatic rings. The number of nitrogens with one attached hydrogen (secondary N) is 2. The van der Waals surface area contributed by atoms with Gasteiger partial charge in [-0.1, -0.05) is 12.5 Å². The predicted octanol–water partition coefficient (Wildman–Crippen LogP) is 3.50. The molecule has 0 bridgehead atoms. The Balaban J connectivity index is 2.15. The minimum absolute atomic E-state index is 0.0154. The van der Waals surface area contributed by atoms with Crippen LogP contribution in [-0.2, 0) is 14.3 Å². The Morgan fingerprint density at radius 3 is 2.41 bits per heavy atom. The molecule has 0 saturated carbocycles. The second-order valence-corrected chi connectivity index (χ2v) is 6.65. The Bertz CT molecular complexity index is 661. The quantitative estimate of drug-likeness (QED) is 0.610. The lowest BCUT2D eigenvalue weighted by molar-refractivity contribution is -0.165. The van der Waals surface area contributed by atoms with Crippen molar-refractivity contribution in [1.82, 2.24) is 10.6 Å². The van der Waals surface area contributed by atoms with Gasteiger partial charge in [-0.15, -0.1) is 0 Å². The van der Waals surface area contributed by atoms with Crippen molar-refractivity contribution in [2.45, 2.75) is 44.1 Å². The van der Waals surface area contributed by atoms with Crippen molar-refractivity contribution in [1.29, 1.82) is 0 Å². The van der Waals surface area contributed by atoms with Crippen LogP contribution in [0.3, 0.4) is 0 Å². The monoisotopic (exact) mass is 428 g/mol. The predicted molar refractivity (Wildman–Crippen MR) is 91.5 cm³/mol. The first-order valence-electron chi connectivity index (χ1n) is 9.05. The smallest absolute Gasteiger partial charge is 0.422 e. The number of carbonyl (C=O) groups excluding carboxylic acids is 1. The lowest BCUT2D eigenvalue weighted by atomic mass is 10.0. The summed E-state index contributed by atoms with van der Waals surface area (Å²) >= 11 is 0. The van der Waals surface area contributed by atoms with Gasteiger partial charge in [0.15, 0.2) is 13.2 Å². The van der Waals surface area contributed by atoms with E-state index in [-0.39, 0.29) is 36.1 Å². The van der Waals surface area contributed by atoms with Crippen LogP contribution in [0, 0.1) is 0 Å². The second-order valence-electron chi connectivity index (χ2n) is 6.65. The average Bonchev–Trinajstić information content (AvgIpc) is 2.85. The molecule has 164 valence electrons. The zero-order valence-corrected chi connectivity index (χ0v) is 15.5. The Hall–Kier alpha value is -2.17. The zero-order chi connectivity index (χ0) is 21.5. The minimum atomic E-state index is -4.63. The van der Waals surface area contributed by atoms with Crippen molar-refractivity contribution in [3.05, 3.63) is 35.3 Å². The zero-order valence-electron chi connectivity index (χ0n) is 15.5. The van der Waals surface area contributed by atoms with Crippen molar-refractivity contribution in [2.75, 3.05) is 26.3 Å². The first-order valence-corrected chi connectivity index (χ1v) is 9.05. The Labute approximate surface area is 163 Å². The van der Waals surface area contributed by atoms with E-state index in [0.29, 0.717) is 0 Å². The van der Waals surface area contributed by atoms with Gasteiger partial charge in [0, 0.05) is 19.0 Å². The third-order valence-electron chi connectivity index (χ3n) is 4.15. The highest BCUT2D eigenvalue weighted by molar-refractivity contribution is 5.97. The van der Waals surface area contributed by atoms with Crippen molar-refractivity contribution in [3.8, 4) is 0 Å². The van der Waals surface area contributed by atoms with E-state index in [1.54, 1.807) is 0 Å². The number of amides is 1. The van der Waals surface area contributed by atoms with Gasteiger partial charge in [0.1, 0.15) is 11.5 Å². The molecule has 1 amide bonds. The highest BCUT2D eigenvalue weighted by atomic mass is 19.4. The number of alkyl halides is 6. The largest absolute Gasteiger partial charge is 0.487 e. The maximum Gasteiger partial charge on any atom is 0.422 e. The summed E-state index contributed by atoms with van der Waals surface area (Å²) in [5, 5.41) is 5.80. The maximum atomic E-state index is 12.6. The molecule has 1 aliphatic heterocycles. The van der Waals surface area contributed by atoms with Gasteiger partial charge >= 0.3 is 12.4 Å². The lowest BCUT2D eigenvalue weighted by Gasteiger charge is -2.24. The maximum absolute atomic E-state index is 12.6. The molecule has 1 aliphatic carbocycles. The number of piperidine rings is 1. The van der Waals surface area contributed by atoms with Gasteiger partial charge in [0.05, 0.1) is 5.57 Å². The van der Waals surface area contributed by atoms with E-state index in [9.17, 15) is 31.1 Å². The van der Waals surface area contributed by atoms with Crippen LogP contribution >= 0.6 is 0 Å². The van der Waals surface area contributed by atoms with Gasteiger partial charge in [-0.3, -0.25) is 4.79 Å². The van der Waals surface area contributed by atoms with Crippen LogP contribution in [0.5, 0.6) is 0 Å². The van der Waals surface area contributed by atoms with Crippen molar-refractivity contribution < 1.29 is 40.6 Å². The van der Waals surface area contributed by atoms with Crippen LogP contribution in [0.4, 0.5) is 26.3 Å². The van der Waals surface area contributed by atoms with Gasteiger partial charge in [0.25, 0.3) is 5.91 Å². The van der Waals surface area contributed by atoms with Gasteiger partial charge in [-0.25, -0.2) is 0 Å². The third kappa shape index (κ3) is 8.80. The number of ether oxygens (including phenoxy) is 2. The van der Waals surface area contributed by atoms with E-state index in [1.807, 2.05) is 0 Å². The second kappa shape index (κ2) is 10.0. The summed E-state index contributed by atoms with van der Waals surface area (Å²) in [4.78, 5) is 12.6. The molecule has 1 atom stereocenters. The molecule has 11 heteroatoms. The molecule has 1 fully saturated rings. The highest BCUT2D eigenvalue weighted by Crippen LogP contribution is 2.25. The van der Waals surface area contributed by atoms with Crippen LogP contribution in [0.25, 0.3) is 0 Å². The molecular weight excluding hydrogens is 406 g/mol. The molecule has 29 heavy (non-hydrogen) atoms. The molecule has 1 unspecified atom stereocenters. The molecule has 2 aliphatic rings. The summed E-state index contributed by atoms with van der Waals surface area (Å²) in [5.41, 5.74) is -0.299. The number of hydrogen-bond acceptors (Lipinski definition) is 4. The van der Waals surface area contributed by atoms with Crippen LogP contribution in [0.15, 0.2) is 35.3 Å². The van der Waals surface area contributed by atoms with E-state index >= 15 is 0 Å². The molecule has 1 heterocycles.